The lowest BCUT2D eigenvalue weighted by Gasteiger charge is -2.35. The molecule has 96 valence electrons. The average molecular weight is 260 g/mol. The fraction of sp³-hybridized carbons (Fsp3) is 0.429. The fourth-order valence-corrected chi connectivity index (χ4v) is 2.33. The highest BCUT2D eigenvalue weighted by molar-refractivity contribution is 6.74. The Balaban J connectivity index is 2.33. The minimum Gasteiger partial charge on any atom is -0.530 e. The van der Waals surface area contributed by atoms with Crippen LogP contribution in [0, 0.1) is 0 Å². The number of hydrogen-bond acceptors (Lipinski definition) is 3. The third kappa shape index (κ3) is 2.53. The van der Waals surface area contributed by atoms with Gasteiger partial charge in [0.1, 0.15) is 0 Å². The van der Waals surface area contributed by atoms with Crippen molar-refractivity contribution < 1.29 is 4.43 Å². The number of para-hydroxylation sites is 2. The first-order valence-electron chi connectivity index (χ1n) is 6.20. The van der Waals surface area contributed by atoms with E-state index in [9.17, 15) is 0 Å². The molecule has 0 N–H and O–H groups in total. The molecule has 0 bridgehead atoms. The first-order chi connectivity index (χ1) is 8.29. The van der Waals surface area contributed by atoms with Crippen molar-refractivity contribution in [2.24, 2.45) is 0 Å². The van der Waals surface area contributed by atoms with Crippen LogP contribution < -0.4 is 4.43 Å². The van der Waals surface area contributed by atoms with E-state index in [-0.39, 0.29) is 5.04 Å². The molecule has 0 aliphatic rings. The van der Waals surface area contributed by atoms with Crippen molar-refractivity contribution >= 4 is 19.4 Å². The maximum atomic E-state index is 6.14. The Kier molecular flexibility index (Phi) is 3.15. The zero-order valence-corrected chi connectivity index (χ0v) is 12.7. The molecular weight excluding hydrogens is 240 g/mol. The molecule has 1 heterocycles. The minimum atomic E-state index is -1.84. The Morgan fingerprint density at radius 2 is 1.67 bits per heavy atom. The van der Waals surface area contributed by atoms with Crippen LogP contribution in [-0.4, -0.2) is 18.3 Å². The molecular formula is C14H20N2OSi. The van der Waals surface area contributed by atoms with Crippen molar-refractivity contribution in [2.75, 3.05) is 0 Å². The minimum absolute atomic E-state index is 0.167. The molecule has 0 spiro atoms. The average Bonchev–Trinajstić information content (AvgIpc) is 2.27. The Morgan fingerprint density at radius 1 is 1.06 bits per heavy atom. The SMILES string of the molecule is CC(C)(C)[Si](C)(C)Oc1cnc2ccccc2n1. The van der Waals surface area contributed by atoms with E-state index in [0.717, 1.165) is 11.0 Å². The van der Waals surface area contributed by atoms with Gasteiger partial charge in [0, 0.05) is 0 Å². The third-order valence-corrected chi connectivity index (χ3v) is 7.92. The molecule has 0 amide bonds. The Morgan fingerprint density at radius 3 is 2.28 bits per heavy atom. The van der Waals surface area contributed by atoms with E-state index in [4.69, 9.17) is 4.43 Å². The zero-order valence-electron chi connectivity index (χ0n) is 11.7. The summed E-state index contributed by atoms with van der Waals surface area (Å²) < 4.78 is 6.14. The maximum Gasteiger partial charge on any atom is 0.252 e. The van der Waals surface area contributed by atoms with Gasteiger partial charge in [-0.2, -0.15) is 0 Å². The Hall–Kier alpha value is -1.42. The van der Waals surface area contributed by atoms with Gasteiger partial charge in [0.15, 0.2) is 0 Å². The van der Waals surface area contributed by atoms with Crippen molar-refractivity contribution in [1.82, 2.24) is 9.97 Å². The van der Waals surface area contributed by atoms with E-state index in [1.807, 2.05) is 24.3 Å². The number of rotatable bonds is 2. The third-order valence-electron chi connectivity index (χ3n) is 3.59. The van der Waals surface area contributed by atoms with E-state index in [1.165, 1.54) is 0 Å². The fourth-order valence-electron chi connectivity index (χ4n) is 1.40. The molecule has 0 radical (unpaired) electrons. The van der Waals surface area contributed by atoms with E-state index >= 15 is 0 Å². The highest BCUT2D eigenvalue weighted by Gasteiger charge is 2.39. The second-order valence-corrected chi connectivity index (χ2v) is 10.8. The summed E-state index contributed by atoms with van der Waals surface area (Å²) in [4.78, 5) is 8.91. The molecule has 1 aromatic carbocycles. The quantitative estimate of drug-likeness (QED) is 0.765. The summed E-state index contributed by atoms with van der Waals surface area (Å²) in [5.41, 5.74) is 1.79. The van der Waals surface area contributed by atoms with Crippen molar-refractivity contribution in [3.05, 3.63) is 30.5 Å². The summed E-state index contributed by atoms with van der Waals surface area (Å²) in [7, 11) is -1.84. The number of fused-ring (bicyclic) bond motifs is 1. The predicted octanol–water partition coefficient (Wildman–Crippen LogP) is 4.01. The molecule has 0 fully saturated rings. The first-order valence-corrected chi connectivity index (χ1v) is 9.11. The number of aromatic nitrogens is 2. The van der Waals surface area contributed by atoms with Crippen LogP contribution in [0.15, 0.2) is 30.5 Å². The number of nitrogens with zero attached hydrogens (tertiary/aromatic N) is 2. The molecule has 0 atom stereocenters. The predicted molar refractivity (Wildman–Crippen MR) is 77.4 cm³/mol. The molecule has 18 heavy (non-hydrogen) atoms. The second-order valence-electron chi connectivity index (χ2n) is 6.06. The van der Waals surface area contributed by atoms with Gasteiger partial charge in [-0.1, -0.05) is 32.9 Å². The lowest BCUT2D eigenvalue weighted by atomic mass is 10.2. The van der Waals surface area contributed by atoms with E-state index in [2.05, 4.69) is 43.8 Å². The molecule has 0 aliphatic carbocycles. The zero-order chi connectivity index (χ0) is 13.4. The van der Waals surface area contributed by atoms with Crippen LogP contribution in [-0.2, 0) is 0 Å². The van der Waals surface area contributed by atoms with Gasteiger partial charge >= 0.3 is 0 Å². The highest BCUT2D eigenvalue weighted by atomic mass is 28.4. The van der Waals surface area contributed by atoms with Crippen LogP contribution in [0.1, 0.15) is 20.8 Å². The van der Waals surface area contributed by atoms with Crippen molar-refractivity contribution in [2.45, 2.75) is 38.9 Å². The van der Waals surface area contributed by atoms with Gasteiger partial charge in [-0.05, 0) is 30.3 Å². The summed E-state index contributed by atoms with van der Waals surface area (Å²) >= 11 is 0. The van der Waals surface area contributed by atoms with Gasteiger partial charge in [0.25, 0.3) is 8.32 Å². The standard InChI is InChI=1S/C14H20N2OSi/c1-14(2,3)18(4,5)17-13-10-15-11-8-6-7-9-12(11)16-13/h6-10H,1-5H3. The monoisotopic (exact) mass is 260 g/mol. The molecule has 0 saturated heterocycles. The first kappa shape index (κ1) is 13.0. The maximum absolute atomic E-state index is 6.14. The van der Waals surface area contributed by atoms with E-state index in [0.29, 0.717) is 5.88 Å². The molecule has 0 saturated carbocycles. The van der Waals surface area contributed by atoms with Crippen LogP contribution in [0.4, 0.5) is 0 Å². The number of benzene rings is 1. The molecule has 0 unspecified atom stereocenters. The van der Waals surface area contributed by atoms with E-state index in [1.54, 1.807) is 6.20 Å². The van der Waals surface area contributed by atoms with Gasteiger partial charge in [0.2, 0.25) is 5.88 Å². The normalized spacial score (nSPS) is 12.7. The van der Waals surface area contributed by atoms with Crippen LogP contribution >= 0.6 is 0 Å². The van der Waals surface area contributed by atoms with Gasteiger partial charge in [-0.3, -0.25) is 0 Å². The number of hydrogen-bond donors (Lipinski definition) is 0. The summed E-state index contributed by atoms with van der Waals surface area (Å²) in [5.74, 6) is 0.639. The van der Waals surface area contributed by atoms with Crippen molar-refractivity contribution in [3.63, 3.8) is 0 Å². The summed E-state index contributed by atoms with van der Waals surface area (Å²) in [5, 5.41) is 0.167. The van der Waals surface area contributed by atoms with Gasteiger partial charge < -0.3 is 4.43 Å². The largest absolute Gasteiger partial charge is 0.530 e. The van der Waals surface area contributed by atoms with Gasteiger partial charge in [-0.25, -0.2) is 9.97 Å². The summed E-state index contributed by atoms with van der Waals surface area (Å²) in [6.07, 6.45) is 1.73. The molecule has 2 rings (SSSR count). The highest BCUT2D eigenvalue weighted by Crippen LogP contribution is 2.36. The molecule has 3 nitrogen and oxygen atoms in total. The van der Waals surface area contributed by atoms with Crippen molar-refractivity contribution in [1.29, 1.82) is 0 Å². The van der Waals surface area contributed by atoms with Crippen molar-refractivity contribution in [3.8, 4) is 5.88 Å². The second kappa shape index (κ2) is 4.35. The van der Waals surface area contributed by atoms with E-state index < -0.39 is 8.32 Å². The van der Waals surface area contributed by atoms with Crippen LogP contribution in [0.2, 0.25) is 18.1 Å². The molecule has 0 aliphatic heterocycles. The smallest absolute Gasteiger partial charge is 0.252 e. The molecule has 2 aromatic rings. The summed E-state index contributed by atoms with van der Waals surface area (Å²) in [6.45, 7) is 11.1. The van der Waals surface area contributed by atoms with Crippen LogP contribution in [0.25, 0.3) is 11.0 Å². The molecule has 4 heteroatoms. The lowest BCUT2D eigenvalue weighted by molar-refractivity contribution is 0.476. The van der Waals surface area contributed by atoms with Gasteiger partial charge in [-0.15, -0.1) is 0 Å². The van der Waals surface area contributed by atoms with Crippen LogP contribution in [0.5, 0.6) is 5.88 Å². The summed E-state index contributed by atoms with van der Waals surface area (Å²) in [6, 6.07) is 7.85. The van der Waals surface area contributed by atoms with Gasteiger partial charge in [0.05, 0.1) is 17.2 Å². The molecule has 1 aromatic heterocycles. The Labute approximate surface area is 109 Å². The lowest BCUT2D eigenvalue weighted by Crippen LogP contribution is -2.44. The topological polar surface area (TPSA) is 35.0 Å². The Bertz CT molecular complexity index is 561. The van der Waals surface area contributed by atoms with Crippen LogP contribution in [0.3, 0.4) is 0 Å².